The molecule has 0 fully saturated rings. The number of nitrogens with zero attached hydrogens (tertiary/aromatic N) is 2. The van der Waals surface area contributed by atoms with Gasteiger partial charge in [-0.25, -0.2) is 5.43 Å². The van der Waals surface area contributed by atoms with Crippen molar-refractivity contribution in [3.8, 4) is 11.5 Å². The topological polar surface area (TPSA) is 74.2 Å². The van der Waals surface area contributed by atoms with Gasteiger partial charge in [0.2, 0.25) is 0 Å². The number of hydrogen-bond acceptors (Lipinski definition) is 5. The van der Waals surface area contributed by atoms with Gasteiger partial charge >= 0.3 is 0 Å². The van der Waals surface area contributed by atoms with Crippen LogP contribution in [0.2, 0.25) is 0 Å². The summed E-state index contributed by atoms with van der Waals surface area (Å²) in [6, 6.07) is 13.1. The highest BCUT2D eigenvalue weighted by molar-refractivity contribution is 5.85. The number of aryl methyl sites for hydroxylation is 1. The quantitative estimate of drug-likeness (QED) is 0.619. The summed E-state index contributed by atoms with van der Waals surface area (Å²) in [4.78, 5) is 14.3. The lowest BCUT2D eigenvalue weighted by atomic mass is 10.0. The molecule has 0 saturated carbocycles. The van der Waals surface area contributed by atoms with E-state index in [0.29, 0.717) is 12.4 Å². The van der Waals surface area contributed by atoms with Gasteiger partial charge in [-0.05, 0) is 55.2 Å². The van der Waals surface area contributed by atoms with Crippen LogP contribution in [0.25, 0.3) is 0 Å². The van der Waals surface area contributed by atoms with Crippen LogP contribution in [0.1, 0.15) is 24.5 Å². The second-order valence-corrected chi connectivity index (χ2v) is 6.11. The van der Waals surface area contributed by atoms with Crippen LogP contribution in [0.5, 0.6) is 11.5 Å². The molecule has 0 radical (unpaired) electrons. The first-order valence-electron chi connectivity index (χ1n) is 8.78. The molecule has 1 aliphatic rings. The SMILES string of the molecule is CCOc1cc(/C=N/NC(=O)CN2CCCc3ccccc32)ccc1O. The number of ether oxygens (including phenoxy) is 1. The number of carbonyl (C=O) groups excluding carboxylic acids is 1. The zero-order valence-electron chi connectivity index (χ0n) is 14.8. The predicted molar refractivity (Wildman–Crippen MR) is 102 cm³/mol. The normalized spacial score (nSPS) is 13.5. The highest BCUT2D eigenvalue weighted by atomic mass is 16.5. The number of phenols is 1. The summed E-state index contributed by atoms with van der Waals surface area (Å²) < 4.78 is 5.33. The molecule has 6 nitrogen and oxygen atoms in total. The standard InChI is InChI=1S/C20H23N3O3/c1-2-26-19-12-15(9-10-18(19)24)13-21-22-20(25)14-23-11-5-7-16-6-3-4-8-17(16)23/h3-4,6,8-10,12-13,24H,2,5,7,11,14H2,1H3,(H,22,25)/b21-13+. The zero-order valence-corrected chi connectivity index (χ0v) is 14.8. The van der Waals surface area contributed by atoms with Gasteiger partial charge in [0.1, 0.15) is 0 Å². The smallest absolute Gasteiger partial charge is 0.259 e. The average molecular weight is 353 g/mol. The number of nitrogens with one attached hydrogen (secondary N) is 1. The van der Waals surface area contributed by atoms with Gasteiger partial charge in [-0.2, -0.15) is 5.10 Å². The third kappa shape index (κ3) is 4.33. The summed E-state index contributed by atoms with van der Waals surface area (Å²) >= 11 is 0. The lowest BCUT2D eigenvalue weighted by Crippen LogP contribution is -2.38. The maximum absolute atomic E-state index is 12.2. The van der Waals surface area contributed by atoms with Gasteiger partial charge in [0.15, 0.2) is 11.5 Å². The summed E-state index contributed by atoms with van der Waals surface area (Å²) in [6.07, 6.45) is 3.63. The molecule has 0 atom stereocenters. The molecule has 26 heavy (non-hydrogen) atoms. The van der Waals surface area contributed by atoms with Gasteiger partial charge in [0.05, 0.1) is 19.4 Å². The van der Waals surface area contributed by atoms with Crippen LogP contribution in [0.15, 0.2) is 47.6 Å². The summed E-state index contributed by atoms with van der Waals surface area (Å²) in [5.74, 6) is 0.311. The van der Waals surface area contributed by atoms with Gasteiger partial charge < -0.3 is 14.7 Å². The number of amides is 1. The van der Waals surface area contributed by atoms with E-state index in [2.05, 4.69) is 27.6 Å². The molecule has 2 aromatic rings. The van der Waals surface area contributed by atoms with Crippen molar-refractivity contribution in [3.05, 3.63) is 53.6 Å². The predicted octanol–water partition coefficient (Wildman–Crippen LogP) is 2.69. The zero-order chi connectivity index (χ0) is 18.4. The number of carbonyl (C=O) groups is 1. The van der Waals surface area contributed by atoms with Gasteiger partial charge in [-0.3, -0.25) is 4.79 Å². The molecule has 0 aromatic heterocycles. The Morgan fingerprint density at radius 3 is 3.04 bits per heavy atom. The van der Waals surface area contributed by atoms with Crippen LogP contribution in [0.4, 0.5) is 5.69 Å². The monoisotopic (exact) mass is 353 g/mol. The number of fused-ring (bicyclic) bond motifs is 1. The first kappa shape index (κ1) is 17.8. The maximum atomic E-state index is 12.2. The van der Waals surface area contributed by atoms with E-state index in [1.165, 1.54) is 11.8 Å². The number of hydrazone groups is 1. The van der Waals surface area contributed by atoms with Crippen molar-refractivity contribution >= 4 is 17.8 Å². The van der Waals surface area contributed by atoms with Gasteiger partial charge in [0, 0.05) is 12.2 Å². The molecule has 0 bridgehead atoms. The van der Waals surface area contributed by atoms with Crippen LogP contribution in [-0.2, 0) is 11.2 Å². The fourth-order valence-electron chi connectivity index (χ4n) is 3.05. The Kier molecular flexibility index (Phi) is 5.73. The van der Waals surface area contributed by atoms with Crippen LogP contribution < -0.4 is 15.1 Å². The number of benzene rings is 2. The van der Waals surface area contributed by atoms with Crippen molar-refractivity contribution in [2.45, 2.75) is 19.8 Å². The van der Waals surface area contributed by atoms with Crippen LogP contribution in [0, 0.1) is 0 Å². The van der Waals surface area contributed by atoms with E-state index in [-0.39, 0.29) is 18.2 Å². The number of phenolic OH excluding ortho intramolecular Hbond substituents is 1. The van der Waals surface area contributed by atoms with Crippen LogP contribution in [0.3, 0.4) is 0 Å². The molecule has 136 valence electrons. The molecule has 0 unspecified atom stereocenters. The number of hydrogen-bond donors (Lipinski definition) is 2. The molecular formula is C20H23N3O3. The van der Waals surface area contributed by atoms with Crippen LogP contribution in [-0.4, -0.2) is 36.9 Å². The highest BCUT2D eigenvalue weighted by Gasteiger charge is 2.18. The molecule has 0 saturated heterocycles. The van der Waals surface area contributed by atoms with E-state index < -0.39 is 0 Å². The number of rotatable bonds is 6. The molecule has 3 rings (SSSR count). The summed E-state index contributed by atoms with van der Waals surface area (Å²) in [7, 11) is 0. The summed E-state index contributed by atoms with van der Waals surface area (Å²) in [5.41, 5.74) is 5.70. The fourth-order valence-corrected chi connectivity index (χ4v) is 3.05. The van der Waals surface area contributed by atoms with Crippen molar-refractivity contribution in [3.63, 3.8) is 0 Å². The third-order valence-electron chi connectivity index (χ3n) is 4.23. The highest BCUT2D eigenvalue weighted by Crippen LogP contribution is 2.27. The van der Waals surface area contributed by atoms with Crippen molar-refractivity contribution in [1.82, 2.24) is 5.43 Å². The lowest BCUT2D eigenvalue weighted by molar-refractivity contribution is -0.119. The Balaban J connectivity index is 1.58. The number of aromatic hydroxyl groups is 1. The number of anilines is 1. The minimum absolute atomic E-state index is 0.0804. The van der Waals surface area contributed by atoms with E-state index in [9.17, 15) is 9.90 Å². The van der Waals surface area contributed by atoms with E-state index in [1.54, 1.807) is 18.2 Å². The van der Waals surface area contributed by atoms with E-state index >= 15 is 0 Å². The molecule has 1 heterocycles. The molecule has 0 spiro atoms. The second-order valence-electron chi connectivity index (χ2n) is 6.11. The number of para-hydroxylation sites is 1. The van der Waals surface area contributed by atoms with Crippen LogP contribution >= 0.6 is 0 Å². The summed E-state index contributed by atoms with van der Waals surface area (Å²) in [6.45, 7) is 3.44. The minimum atomic E-state index is -0.165. The van der Waals surface area contributed by atoms with Gasteiger partial charge in [-0.1, -0.05) is 18.2 Å². The van der Waals surface area contributed by atoms with Gasteiger partial charge in [-0.15, -0.1) is 0 Å². The Bertz CT molecular complexity index is 805. The third-order valence-corrected chi connectivity index (χ3v) is 4.23. The average Bonchev–Trinajstić information content (AvgIpc) is 2.65. The lowest BCUT2D eigenvalue weighted by Gasteiger charge is -2.30. The van der Waals surface area contributed by atoms with Gasteiger partial charge in [0.25, 0.3) is 5.91 Å². The molecular weight excluding hydrogens is 330 g/mol. The molecule has 0 aliphatic carbocycles. The molecule has 6 heteroatoms. The van der Waals surface area contributed by atoms with Crippen molar-refractivity contribution in [2.24, 2.45) is 5.10 Å². The molecule has 2 N–H and O–H groups in total. The maximum Gasteiger partial charge on any atom is 0.259 e. The Morgan fingerprint density at radius 1 is 1.35 bits per heavy atom. The Hall–Kier alpha value is -3.02. The Morgan fingerprint density at radius 2 is 2.19 bits per heavy atom. The van der Waals surface area contributed by atoms with Crippen molar-refractivity contribution < 1.29 is 14.6 Å². The van der Waals surface area contributed by atoms with E-state index in [4.69, 9.17) is 4.74 Å². The molecule has 1 amide bonds. The molecule has 2 aromatic carbocycles. The Labute approximate surface area is 153 Å². The van der Waals surface area contributed by atoms with E-state index in [0.717, 1.165) is 30.6 Å². The second kappa shape index (κ2) is 8.38. The van der Waals surface area contributed by atoms with Crippen molar-refractivity contribution in [2.75, 3.05) is 24.6 Å². The molecule has 1 aliphatic heterocycles. The first-order valence-corrected chi connectivity index (χ1v) is 8.78. The van der Waals surface area contributed by atoms with E-state index in [1.807, 2.05) is 19.1 Å². The largest absolute Gasteiger partial charge is 0.504 e. The fraction of sp³-hybridized carbons (Fsp3) is 0.300. The summed E-state index contributed by atoms with van der Waals surface area (Å²) in [5, 5.41) is 13.7. The first-order chi connectivity index (χ1) is 12.7. The van der Waals surface area contributed by atoms with Crippen molar-refractivity contribution in [1.29, 1.82) is 0 Å². The minimum Gasteiger partial charge on any atom is -0.504 e.